The molecule has 0 radical (unpaired) electrons. The van der Waals surface area contributed by atoms with Gasteiger partial charge in [-0.3, -0.25) is 0 Å². The minimum absolute atomic E-state index is 0.0996. The van der Waals surface area contributed by atoms with E-state index in [1.807, 2.05) is 12.1 Å². The van der Waals surface area contributed by atoms with E-state index in [0.29, 0.717) is 18.3 Å². The van der Waals surface area contributed by atoms with Crippen LogP contribution in [0.1, 0.15) is 36.9 Å². The van der Waals surface area contributed by atoms with Crippen LogP contribution in [-0.4, -0.2) is 10.1 Å². The van der Waals surface area contributed by atoms with Crippen molar-refractivity contribution in [2.45, 2.75) is 32.9 Å². The van der Waals surface area contributed by atoms with Crippen LogP contribution >= 0.6 is 0 Å². The molecule has 0 bridgehead atoms. The van der Waals surface area contributed by atoms with E-state index in [-0.39, 0.29) is 6.04 Å². The number of aryl methyl sites for hydroxylation is 1. The van der Waals surface area contributed by atoms with Crippen molar-refractivity contribution < 1.29 is 8.94 Å². The first kappa shape index (κ1) is 10.9. The van der Waals surface area contributed by atoms with E-state index in [0.717, 1.165) is 12.2 Å². The summed E-state index contributed by atoms with van der Waals surface area (Å²) in [5.74, 6) is 2.19. The van der Waals surface area contributed by atoms with Crippen molar-refractivity contribution in [2.24, 2.45) is 0 Å². The third kappa shape index (κ3) is 2.49. The summed E-state index contributed by atoms with van der Waals surface area (Å²) in [7, 11) is 0. The third-order valence-electron chi connectivity index (χ3n) is 2.37. The Morgan fingerprint density at radius 2 is 2.38 bits per heavy atom. The van der Waals surface area contributed by atoms with Gasteiger partial charge in [-0.05, 0) is 18.6 Å². The lowest BCUT2D eigenvalue weighted by Crippen LogP contribution is -2.21. The number of nitrogens with one attached hydrogen (secondary N) is 1. The topological polar surface area (TPSA) is 64.1 Å². The van der Waals surface area contributed by atoms with Crippen molar-refractivity contribution in [3.05, 3.63) is 35.9 Å². The van der Waals surface area contributed by atoms with Crippen LogP contribution in [0.2, 0.25) is 0 Å². The van der Waals surface area contributed by atoms with Gasteiger partial charge in [-0.25, -0.2) is 0 Å². The minimum atomic E-state index is 0.0996. The monoisotopic (exact) mass is 221 g/mol. The molecule has 5 nitrogen and oxygen atoms in total. The smallest absolute Gasteiger partial charge is 0.223 e. The summed E-state index contributed by atoms with van der Waals surface area (Å²) in [5, 5.41) is 7.23. The van der Waals surface area contributed by atoms with Gasteiger partial charge in [0.25, 0.3) is 0 Å². The van der Waals surface area contributed by atoms with E-state index in [1.54, 1.807) is 13.2 Å². The highest BCUT2D eigenvalue weighted by atomic mass is 16.5. The molecule has 0 fully saturated rings. The largest absolute Gasteiger partial charge is 0.468 e. The summed E-state index contributed by atoms with van der Waals surface area (Å²) in [5.41, 5.74) is 0. The van der Waals surface area contributed by atoms with Crippen molar-refractivity contribution in [1.29, 1.82) is 0 Å². The maximum atomic E-state index is 5.24. The summed E-state index contributed by atoms with van der Waals surface area (Å²) < 4.78 is 10.2. The molecule has 0 amide bonds. The van der Waals surface area contributed by atoms with Crippen LogP contribution in [0.25, 0.3) is 0 Å². The van der Waals surface area contributed by atoms with Crippen LogP contribution in [0.4, 0.5) is 0 Å². The molecule has 0 aliphatic carbocycles. The Kier molecular flexibility index (Phi) is 3.36. The first-order chi connectivity index (χ1) is 7.79. The van der Waals surface area contributed by atoms with Gasteiger partial charge in [0, 0.05) is 6.92 Å². The average Bonchev–Trinajstić information content (AvgIpc) is 2.91. The molecule has 1 N–H and O–H groups in total. The Morgan fingerprint density at radius 3 is 2.94 bits per heavy atom. The van der Waals surface area contributed by atoms with Crippen molar-refractivity contribution in [2.75, 3.05) is 0 Å². The fourth-order valence-electron chi connectivity index (χ4n) is 1.51. The molecular formula is C11H15N3O2. The zero-order valence-corrected chi connectivity index (χ0v) is 9.43. The predicted molar refractivity (Wildman–Crippen MR) is 57.6 cm³/mol. The fraction of sp³-hybridized carbons (Fsp3) is 0.455. The molecule has 0 spiro atoms. The van der Waals surface area contributed by atoms with E-state index in [4.69, 9.17) is 8.94 Å². The fourth-order valence-corrected chi connectivity index (χ4v) is 1.51. The zero-order chi connectivity index (χ0) is 11.4. The molecule has 0 aromatic carbocycles. The van der Waals surface area contributed by atoms with Crippen molar-refractivity contribution in [1.82, 2.24) is 15.5 Å². The number of hydrogen-bond donors (Lipinski definition) is 1. The second-order valence-corrected chi connectivity index (χ2v) is 3.59. The second kappa shape index (κ2) is 4.94. The Balaban J connectivity index is 1.96. The first-order valence-electron chi connectivity index (χ1n) is 5.35. The van der Waals surface area contributed by atoms with Gasteiger partial charge >= 0.3 is 0 Å². The number of furan rings is 1. The molecule has 0 aliphatic heterocycles. The molecule has 5 heteroatoms. The number of rotatable bonds is 5. The van der Waals surface area contributed by atoms with Crippen molar-refractivity contribution in [3.8, 4) is 0 Å². The number of hydrogen-bond acceptors (Lipinski definition) is 5. The number of nitrogens with zero attached hydrogens (tertiary/aromatic N) is 2. The highest BCUT2D eigenvalue weighted by molar-refractivity contribution is 4.99. The molecule has 2 heterocycles. The molecule has 2 aromatic heterocycles. The van der Waals surface area contributed by atoms with E-state index in [9.17, 15) is 0 Å². The number of aromatic nitrogens is 2. The van der Waals surface area contributed by atoms with E-state index >= 15 is 0 Å². The van der Waals surface area contributed by atoms with Gasteiger partial charge in [-0.1, -0.05) is 12.1 Å². The van der Waals surface area contributed by atoms with Gasteiger partial charge in [0.1, 0.15) is 5.76 Å². The van der Waals surface area contributed by atoms with Crippen molar-refractivity contribution >= 4 is 0 Å². The normalized spacial score (nSPS) is 12.9. The summed E-state index contributed by atoms with van der Waals surface area (Å²) >= 11 is 0. The van der Waals surface area contributed by atoms with Gasteiger partial charge in [0.2, 0.25) is 5.89 Å². The van der Waals surface area contributed by atoms with Gasteiger partial charge in [0.15, 0.2) is 5.82 Å². The minimum Gasteiger partial charge on any atom is -0.468 e. The molecule has 2 aromatic rings. The quantitative estimate of drug-likeness (QED) is 0.838. The van der Waals surface area contributed by atoms with Crippen LogP contribution in [-0.2, 0) is 6.54 Å². The Hall–Kier alpha value is -1.62. The summed E-state index contributed by atoms with van der Waals surface area (Å²) in [6, 6.07) is 3.90. The summed E-state index contributed by atoms with van der Waals surface area (Å²) in [6.07, 6.45) is 2.57. The lowest BCUT2D eigenvalue weighted by Gasteiger charge is -2.11. The van der Waals surface area contributed by atoms with Gasteiger partial charge in [0.05, 0.1) is 18.8 Å². The summed E-state index contributed by atoms with van der Waals surface area (Å²) in [6.45, 7) is 4.53. The molecule has 1 atom stereocenters. The maximum Gasteiger partial charge on any atom is 0.223 e. The van der Waals surface area contributed by atoms with Gasteiger partial charge in [-0.2, -0.15) is 4.98 Å². The molecule has 16 heavy (non-hydrogen) atoms. The highest BCUT2D eigenvalue weighted by Crippen LogP contribution is 2.13. The summed E-state index contributed by atoms with van der Waals surface area (Å²) in [4.78, 5) is 4.21. The Morgan fingerprint density at radius 1 is 1.50 bits per heavy atom. The maximum absolute atomic E-state index is 5.24. The Labute approximate surface area is 93.8 Å². The predicted octanol–water partition coefficient (Wildman–Crippen LogP) is 2.21. The molecular weight excluding hydrogens is 206 g/mol. The van der Waals surface area contributed by atoms with Gasteiger partial charge in [-0.15, -0.1) is 0 Å². The second-order valence-electron chi connectivity index (χ2n) is 3.59. The lowest BCUT2D eigenvalue weighted by atomic mass is 10.2. The standard InChI is InChI=1S/C11H15N3O2/c1-3-10(11-13-8(2)16-14-11)12-7-9-5-4-6-15-9/h4-6,10,12H,3,7H2,1-2H3. The highest BCUT2D eigenvalue weighted by Gasteiger charge is 2.15. The molecule has 2 rings (SSSR count). The SMILES string of the molecule is CCC(NCc1ccco1)c1noc(C)n1. The van der Waals surface area contributed by atoms with E-state index in [1.165, 1.54) is 0 Å². The molecule has 0 saturated carbocycles. The van der Waals surface area contributed by atoms with Crippen LogP contribution in [0.5, 0.6) is 0 Å². The van der Waals surface area contributed by atoms with Gasteiger partial charge < -0.3 is 14.3 Å². The average molecular weight is 221 g/mol. The molecule has 0 aliphatic rings. The van der Waals surface area contributed by atoms with Crippen LogP contribution < -0.4 is 5.32 Å². The molecule has 1 unspecified atom stereocenters. The van der Waals surface area contributed by atoms with Crippen LogP contribution in [0.3, 0.4) is 0 Å². The molecule has 86 valence electrons. The van der Waals surface area contributed by atoms with E-state index in [2.05, 4.69) is 22.4 Å². The lowest BCUT2D eigenvalue weighted by molar-refractivity contribution is 0.370. The van der Waals surface area contributed by atoms with Crippen molar-refractivity contribution in [3.63, 3.8) is 0 Å². The van der Waals surface area contributed by atoms with E-state index < -0.39 is 0 Å². The Bertz CT molecular complexity index is 422. The zero-order valence-electron chi connectivity index (χ0n) is 9.43. The van der Waals surface area contributed by atoms with Crippen LogP contribution in [0.15, 0.2) is 27.3 Å². The molecule has 0 saturated heterocycles. The third-order valence-corrected chi connectivity index (χ3v) is 2.37. The first-order valence-corrected chi connectivity index (χ1v) is 5.35. The van der Waals surface area contributed by atoms with Crippen LogP contribution in [0, 0.1) is 6.92 Å².